The largest absolute Gasteiger partial charge is 0.390 e. The molecular weight excluding hydrogens is 264 g/mol. The maximum absolute atomic E-state index is 6.10. The van der Waals surface area contributed by atoms with Gasteiger partial charge in [-0.05, 0) is 23.7 Å². The first kappa shape index (κ1) is 15.0. The highest BCUT2D eigenvalue weighted by atomic mass is 28.4. The Labute approximate surface area is 122 Å². The van der Waals surface area contributed by atoms with Gasteiger partial charge in [-0.15, -0.1) is 0 Å². The molecule has 0 aromatic heterocycles. The lowest BCUT2D eigenvalue weighted by atomic mass is 10.2. The van der Waals surface area contributed by atoms with E-state index in [0.717, 1.165) is 6.04 Å². The third-order valence-electron chi connectivity index (χ3n) is 3.42. The average molecular weight is 286 g/mol. The van der Waals surface area contributed by atoms with Gasteiger partial charge in [0.2, 0.25) is 0 Å². The fraction of sp³-hybridized carbons (Fsp3) is 0.294. The van der Waals surface area contributed by atoms with E-state index >= 15 is 0 Å². The molecule has 2 rings (SSSR count). The van der Waals surface area contributed by atoms with Crippen LogP contribution in [0.4, 0.5) is 0 Å². The predicted molar refractivity (Wildman–Crippen MR) is 84.6 cm³/mol. The van der Waals surface area contributed by atoms with Gasteiger partial charge in [0.05, 0.1) is 13.2 Å². The zero-order valence-corrected chi connectivity index (χ0v) is 13.2. The first-order valence-electron chi connectivity index (χ1n) is 7.07. The molecule has 2 aromatic rings. The third kappa shape index (κ3) is 4.60. The Morgan fingerprint density at radius 2 is 1.15 bits per heavy atom. The average Bonchev–Trinajstić information content (AvgIpc) is 2.53. The van der Waals surface area contributed by atoms with Gasteiger partial charge in [0.1, 0.15) is 0 Å². The van der Waals surface area contributed by atoms with Crippen LogP contribution in [0.25, 0.3) is 0 Å². The van der Waals surface area contributed by atoms with Crippen LogP contribution < -0.4 is 0 Å². The summed E-state index contributed by atoms with van der Waals surface area (Å²) in [5.74, 6) is 0. The van der Waals surface area contributed by atoms with Crippen molar-refractivity contribution in [3.8, 4) is 0 Å². The van der Waals surface area contributed by atoms with E-state index in [1.165, 1.54) is 11.1 Å². The Morgan fingerprint density at radius 3 is 1.50 bits per heavy atom. The lowest BCUT2D eigenvalue weighted by Crippen LogP contribution is -2.37. The molecule has 0 spiro atoms. The molecule has 0 saturated carbocycles. The van der Waals surface area contributed by atoms with Crippen molar-refractivity contribution in [1.82, 2.24) is 0 Å². The summed E-state index contributed by atoms with van der Waals surface area (Å²) >= 11 is 0. The second kappa shape index (κ2) is 7.38. The Kier molecular flexibility index (Phi) is 5.53. The highest BCUT2D eigenvalue weighted by Crippen LogP contribution is 2.18. The molecule has 0 aliphatic carbocycles. The maximum Gasteiger partial charge on any atom is 0.335 e. The van der Waals surface area contributed by atoms with Crippen molar-refractivity contribution in [2.45, 2.75) is 32.7 Å². The minimum absolute atomic E-state index is 0.631. The molecule has 0 aliphatic heterocycles. The summed E-state index contributed by atoms with van der Waals surface area (Å²) in [6.45, 7) is 5.54. The molecular formula is C17H22O2Si. The number of hydrogen-bond donors (Lipinski definition) is 0. The predicted octanol–water partition coefficient (Wildman–Crippen LogP) is 4.51. The summed E-state index contributed by atoms with van der Waals surface area (Å²) in [5.41, 5.74) is 2.39. The van der Waals surface area contributed by atoms with Gasteiger partial charge in [0, 0.05) is 0 Å². The molecule has 0 aliphatic rings. The first-order valence-corrected chi connectivity index (χ1v) is 9.60. The fourth-order valence-corrected chi connectivity index (χ4v) is 3.30. The quantitative estimate of drug-likeness (QED) is 0.697. The van der Waals surface area contributed by atoms with Crippen molar-refractivity contribution < 1.29 is 8.85 Å². The van der Waals surface area contributed by atoms with Gasteiger partial charge in [0.25, 0.3) is 0 Å². The van der Waals surface area contributed by atoms with Crippen LogP contribution >= 0.6 is 0 Å². The smallest absolute Gasteiger partial charge is 0.335 e. The maximum atomic E-state index is 6.10. The van der Waals surface area contributed by atoms with Crippen molar-refractivity contribution in [3.05, 3.63) is 71.8 Å². The molecule has 0 unspecified atom stereocenters. The minimum Gasteiger partial charge on any atom is -0.390 e. The Bertz CT molecular complexity index is 455. The second-order valence-electron chi connectivity index (χ2n) is 5.04. The van der Waals surface area contributed by atoms with Gasteiger partial charge in [-0.3, -0.25) is 0 Å². The highest BCUT2D eigenvalue weighted by Gasteiger charge is 2.29. The lowest BCUT2D eigenvalue weighted by molar-refractivity contribution is 0.159. The molecule has 2 aromatic carbocycles. The molecule has 0 fully saturated rings. The lowest BCUT2D eigenvalue weighted by Gasteiger charge is -2.26. The van der Waals surface area contributed by atoms with Gasteiger partial charge in [-0.1, -0.05) is 67.6 Å². The summed E-state index contributed by atoms with van der Waals surface area (Å²) in [6, 6.07) is 21.5. The van der Waals surface area contributed by atoms with Gasteiger partial charge in [0.15, 0.2) is 0 Å². The molecule has 0 bridgehead atoms. The van der Waals surface area contributed by atoms with Crippen LogP contribution in [0.15, 0.2) is 60.7 Å². The van der Waals surface area contributed by atoms with Crippen LogP contribution in [-0.4, -0.2) is 8.56 Å². The summed E-state index contributed by atoms with van der Waals surface area (Å²) in [4.78, 5) is 0. The van der Waals surface area contributed by atoms with Gasteiger partial charge >= 0.3 is 8.56 Å². The molecule has 3 heteroatoms. The SMILES string of the molecule is CC[Si](C)(OCc1ccccc1)OCc1ccccc1. The zero-order chi connectivity index (χ0) is 14.3. The third-order valence-corrected chi connectivity index (χ3v) is 6.21. The van der Waals surface area contributed by atoms with E-state index in [0.29, 0.717) is 13.2 Å². The molecule has 106 valence electrons. The van der Waals surface area contributed by atoms with E-state index in [1.807, 2.05) is 36.4 Å². The van der Waals surface area contributed by atoms with Crippen LogP contribution in [0.3, 0.4) is 0 Å². The molecule has 2 nitrogen and oxygen atoms in total. The van der Waals surface area contributed by atoms with Gasteiger partial charge in [-0.2, -0.15) is 0 Å². The molecule has 0 atom stereocenters. The zero-order valence-electron chi connectivity index (χ0n) is 12.2. The van der Waals surface area contributed by atoms with Crippen molar-refractivity contribution in [1.29, 1.82) is 0 Å². The van der Waals surface area contributed by atoms with Crippen LogP contribution in [0.5, 0.6) is 0 Å². The summed E-state index contributed by atoms with van der Waals surface area (Å²) in [5, 5.41) is 0. The number of benzene rings is 2. The van der Waals surface area contributed by atoms with Crippen LogP contribution in [0.2, 0.25) is 12.6 Å². The summed E-state index contributed by atoms with van der Waals surface area (Å²) < 4.78 is 12.2. The van der Waals surface area contributed by atoms with Crippen molar-refractivity contribution in [2.24, 2.45) is 0 Å². The van der Waals surface area contributed by atoms with E-state index in [2.05, 4.69) is 37.7 Å². The van der Waals surface area contributed by atoms with E-state index in [1.54, 1.807) is 0 Å². The van der Waals surface area contributed by atoms with Gasteiger partial charge in [-0.25, -0.2) is 0 Å². The Hall–Kier alpha value is -1.42. The van der Waals surface area contributed by atoms with E-state index in [4.69, 9.17) is 8.85 Å². The Morgan fingerprint density at radius 1 is 0.750 bits per heavy atom. The molecule has 0 amide bonds. The second-order valence-corrected chi connectivity index (χ2v) is 8.59. The highest BCUT2D eigenvalue weighted by molar-refractivity contribution is 6.65. The Balaban J connectivity index is 1.88. The number of hydrogen-bond acceptors (Lipinski definition) is 2. The van der Waals surface area contributed by atoms with Crippen LogP contribution in [-0.2, 0) is 22.1 Å². The van der Waals surface area contributed by atoms with Crippen molar-refractivity contribution >= 4 is 8.56 Å². The normalized spacial score (nSPS) is 11.5. The molecule has 20 heavy (non-hydrogen) atoms. The van der Waals surface area contributed by atoms with Crippen molar-refractivity contribution in [3.63, 3.8) is 0 Å². The number of rotatable bonds is 7. The van der Waals surface area contributed by atoms with Crippen molar-refractivity contribution in [2.75, 3.05) is 0 Å². The molecule has 0 radical (unpaired) electrons. The van der Waals surface area contributed by atoms with E-state index < -0.39 is 8.56 Å². The summed E-state index contributed by atoms with van der Waals surface area (Å²) in [7, 11) is -2.09. The standard InChI is InChI=1S/C17H22O2Si/c1-3-20(2,18-14-16-10-6-4-7-11-16)19-15-17-12-8-5-9-13-17/h4-13H,3,14-15H2,1-2H3. The van der Waals surface area contributed by atoms with Gasteiger partial charge < -0.3 is 8.85 Å². The molecule has 0 heterocycles. The van der Waals surface area contributed by atoms with E-state index in [9.17, 15) is 0 Å². The van der Waals surface area contributed by atoms with Crippen LogP contribution in [0.1, 0.15) is 18.1 Å². The topological polar surface area (TPSA) is 18.5 Å². The first-order chi connectivity index (χ1) is 9.72. The fourth-order valence-electron chi connectivity index (χ4n) is 1.87. The molecule has 0 saturated heterocycles. The monoisotopic (exact) mass is 286 g/mol. The van der Waals surface area contributed by atoms with Crippen LogP contribution in [0, 0.1) is 0 Å². The van der Waals surface area contributed by atoms with E-state index in [-0.39, 0.29) is 0 Å². The minimum atomic E-state index is -2.09. The molecule has 0 N–H and O–H groups in total. The summed E-state index contributed by atoms with van der Waals surface area (Å²) in [6.07, 6.45) is 0.